The third-order valence-electron chi connectivity index (χ3n) is 4.11. The molecule has 3 N–H and O–H groups in total. The van der Waals surface area contributed by atoms with Gasteiger partial charge >= 0.3 is 0 Å². The van der Waals surface area contributed by atoms with Crippen molar-refractivity contribution < 1.29 is 0 Å². The first kappa shape index (κ1) is 18.2. The van der Waals surface area contributed by atoms with Gasteiger partial charge in [0.2, 0.25) is 0 Å². The van der Waals surface area contributed by atoms with Gasteiger partial charge in [-0.05, 0) is 30.2 Å². The molecule has 0 saturated heterocycles. The monoisotopic (exact) mass is 290 g/mol. The second kappa shape index (κ2) is 9.97. The van der Waals surface area contributed by atoms with Crippen molar-refractivity contribution in [3.8, 4) is 0 Å². The van der Waals surface area contributed by atoms with Gasteiger partial charge in [0.1, 0.15) is 0 Å². The Morgan fingerprint density at radius 2 is 1.86 bits per heavy atom. The molecule has 0 fully saturated rings. The maximum Gasteiger partial charge on any atom is 0.0168 e. The molecule has 0 amide bonds. The van der Waals surface area contributed by atoms with Crippen LogP contribution in [0.2, 0.25) is 0 Å². The molecule has 2 nitrogen and oxygen atoms in total. The van der Waals surface area contributed by atoms with Gasteiger partial charge in [0.25, 0.3) is 0 Å². The molecule has 0 spiro atoms. The molecule has 0 aromatic heterocycles. The fourth-order valence-corrected chi connectivity index (χ4v) is 2.64. The Morgan fingerprint density at radius 3 is 2.52 bits per heavy atom. The smallest absolute Gasteiger partial charge is 0.0168 e. The van der Waals surface area contributed by atoms with E-state index in [9.17, 15) is 0 Å². The molecule has 21 heavy (non-hydrogen) atoms. The topological polar surface area (TPSA) is 38.0 Å². The average molecular weight is 290 g/mol. The van der Waals surface area contributed by atoms with Crippen molar-refractivity contribution in [2.75, 3.05) is 13.1 Å². The SMILES string of the molecule is CCCCCC(C)(C)CNCC(N)CCc1ccccc1. The van der Waals surface area contributed by atoms with Crippen molar-refractivity contribution in [2.45, 2.75) is 65.3 Å². The number of unbranched alkanes of at least 4 members (excludes halogenated alkanes) is 2. The largest absolute Gasteiger partial charge is 0.327 e. The lowest BCUT2D eigenvalue weighted by molar-refractivity contribution is 0.299. The van der Waals surface area contributed by atoms with Crippen LogP contribution < -0.4 is 11.1 Å². The van der Waals surface area contributed by atoms with Crippen LogP contribution in [0.3, 0.4) is 0 Å². The highest BCUT2D eigenvalue weighted by molar-refractivity contribution is 5.14. The molecule has 0 radical (unpaired) electrons. The van der Waals surface area contributed by atoms with Gasteiger partial charge in [-0.2, -0.15) is 0 Å². The normalized spacial score (nSPS) is 13.3. The predicted molar refractivity (Wildman–Crippen MR) is 93.5 cm³/mol. The Morgan fingerprint density at radius 1 is 1.14 bits per heavy atom. The van der Waals surface area contributed by atoms with Gasteiger partial charge < -0.3 is 11.1 Å². The zero-order valence-electron chi connectivity index (χ0n) is 14.2. The third-order valence-corrected chi connectivity index (χ3v) is 4.11. The minimum atomic E-state index is 0.247. The first-order valence-electron chi connectivity index (χ1n) is 8.54. The molecular formula is C19H34N2. The third kappa shape index (κ3) is 8.90. The van der Waals surface area contributed by atoms with Crippen LogP contribution in [0.25, 0.3) is 0 Å². The molecule has 0 heterocycles. The van der Waals surface area contributed by atoms with E-state index in [1.807, 2.05) is 0 Å². The summed E-state index contributed by atoms with van der Waals surface area (Å²) >= 11 is 0. The summed E-state index contributed by atoms with van der Waals surface area (Å²) < 4.78 is 0. The van der Waals surface area contributed by atoms with E-state index in [0.717, 1.165) is 25.9 Å². The van der Waals surface area contributed by atoms with Gasteiger partial charge in [0.05, 0.1) is 0 Å². The number of aryl methyl sites for hydroxylation is 1. The summed E-state index contributed by atoms with van der Waals surface area (Å²) in [7, 11) is 0. The highest BCUT2D eigenvalue weighted by Gasteiger charge is 2.17. The Labute approximate surface area is 131 Å². The molecule has 1 rings (SSSR count). The molecule has 1 aromatic rings. The van der Waals surface area contributed by atoms with Crippen molar-refractivity contribution in [3.05, 3.63) is 35.9 Å². The molecule has 0 bridgehead atoms. The highest BCUT2D eigenvalue weighted by atomic mass is 14.9. The van der Waals surface area contributed by atoms with Crippen molar-refractivity contribution >= 4 is 0 Å². The van der Waals surface area contributed by atoms with Gasteiger partial charge in [-0.1, -0.05) is 70.4 Å². The summed E-state index contributed by atoms with van der Waals surface area (Å²) in [6.45, 7) is 8.95. The lowest BCUT2D eigenvalue weighted by Crippen LogP contribution is -2.38. The maximum atomic E-state index is 6.21. The summed E-state index contributed by atoms with van der Waals surface area (Å²) in [5, 5.41) is 3.56. The Bertz CT molecular complexity index is 359. The van der Waals surface area contributed by atoms with Crippen molar-refractivity contribution in [1.82, 2.24) is 5.32 Å². The van der Waals surface area contributed by atoms with Crippen LogP contribution in [0.15, 0.2) is 30.3 Å². The first-order chi connectivity index (χ1) is 10.0. The fraction of sp³-hybridized carbons (Fsp3) is 0.684. The van der Waals surface area contributed by atoms with Crippen LogP contribution in [-0.4, -0.2) is 19.1 Å². The molecule has 1 atom stereocenters. The van der Waals surface area contributed by atoms with E-state index in [0.29, 0.717) is 5.41 Å². The molecule has 0 aliphatic carbocycles. The Kier molecular flexibility index (Phi) is 8.63. The lowest BCUT2D eigenvalue weighted by Gasteiger charge is -2.26. The van der Waals surface area contributed by atoms with E-state index < -0.39 is 0 Å². The van der Waals surface area contributed by atoms with Crippen molar-refractivity contribution in [3.63, 3.8) is 0 Å². The van der Waals surface area contributed by atoms with Gasteiger partial charge in [-0.15, -0.1) is 0 Å². The highest BCUT2D eigenvalue weighted by Crippen LogP contribution is 2.22. The van der Waals surface area contributed by atoms with Crippen LogP contribution in [0.1, 0.15) is 58.4 Å². The summed E-state index contributed by atoms with van der Waals surface area (Å²) in [6, 6.07) is 10.9. The number of hydrogen-bond donors (Lipinski definition) is 2. The maximum absolute atomic E-state index is 6.21. The molecular weight excluding hydrogens is 256 g/mol. The summed E-state index contributed by atoms with van der Waals surface area (Å²) in [6.07, 6.45) is 7.41. The molecule has 1 unspecified atom stereocenters. The van der Waals surface area contributed by atoms with E-state index in [2.05, 4.69) is 56.4 Å². The predicted octanol–water partition coefficient (Wildman–Crippen LogP) is 4.14. The molecule has 0 aliphatic heterocycles. The second-order valence-corrected chi connectivity index (χ2v) is 7.04. The van der Waals surface area contributed by atoms with Crippen LogP contribution in [0, 0.1) is 5.41 Å². The van der Waals surface area contributed by atoms with E-state index in [-0.39, 0.29) is 6.04 Å². The van der Waals surface area contributed by atoms with Gasteiger partial charge in [0, 0.05) is 19.1 Å². The fourth-order valence-electron chi connectivity index (χ4n) is 2.64. The van der Waals surface area contributed by atoms with E-state index in [4.69, 9.17) is 5.73 Å². The minimum Gasteiger partial charge on any atom is -0.327 e. The zero-order valence-corrected chi connectivity index (χ0v) is 14.2. The van der Waals surface area contributed by atoms with Crippen LogP contribution >= 0.6 is 0 Å². The number of rotatable bonds is 11. The average Bonchev–Trinajstić information content (AvgIpc) is 2.46. The van der Waals surface area contributed by atoms with E-state index >= 15 is 0 Å². The quantitative estimate of drug-likeness (QED) is 0.601. The lowest BCUT2D eigenvalue weighted by atomic mass is 9.87. The second-order valence-electron chi connectivity index (χ2n) is 7.04. The molecule has 120 valence electrons. The Balaban J connectivity index is 2.13. The van der Waals surface area contributed by atoms with Crippen LogP contribution in [0.4, 0.5) is 0 Å². The molecule has 1 aromatic carbocycles. The summed E-state index contributed by atoms with van der Waals surface area (Å²) in [4.78, 5) is 0. The minimum absolute atomic E-state index is 0.247. The van der Waals surface area contributed by atoms with Gasteiger partial charge in [0.15, 0.2) is 0 Å². The summed E-state index contributed by atoms with van der Waals surface area (Å²) in [5.74, 6) is 0. The van der Waals surface area contributed by atoms with Gasteiger partial charge in [-0.25, -0.2) is 0 Å². The number of hydrogen-bond acceptors (Lipinski definition) is 2. The Hall–Kier alpha value is -0.860. The van der Waals surface area contributed by atoms with Crippen molar-refractivity contribution in [2.24, 2.45) is 11.1 Å². The van der Waals surface area contributed by atoms with E-state index in [1.165, 1.54) is 31.2 Å². The summed E-state index contributed by atoms with van der Waals surface area (Å²) in [5.41, 5.74) is 7.98. The molecule has 0 aliphatic rings. The molecule has 0 saturated carbocycles. The van der Waals surface area contributed by atoms with E-state index in [1.54, 1.807) is 0 Å². The number of nitrogens with one attached hydrogen (secondary N) is 1. The standard InChI is InChI=1S/C19H34N2/c1-4-5-9-14-19(2,3)16-21-15-18(20)13-12-17-10-7-6-8-11-17/h6-8,10-11,18,21H,4-5,9,12-16,20H2,1-3H3. The van der Waals surface area contributed by atoms with Crippen molar-refractivity contribution in [1.29, 1.82) is 0 Å². The number of nitrogens with two attached hydrogens (primary N) is 1. The van der Waals surface area contributed by atoms with Gasteiger partial charge in [-0.3, -0.25) is 0 Å². The van der Waals surface area contributed by atoms with Crippen LogP contribution in [0.5, 0.6) is 0 Å². The zero-order chi connectivity index (χ0) is 15.6. The first-order valence-corrected chi connectivity index (χ1v) is 8.54. The van der Waals surface area contributed by atoms with Crippen LogP contribution in [-0.2, 0) is 6.42 Å². The number of benzene rings is 1. The molecule has 2 heteroatoms.